The van der Waals surface area contributed by atoms with Gasteiger partial charge in [0, 0.05) is 37.6 Å². The summed E-state index contributed by atoms with van der Waals surface area (Å²) in [6.07, 6.45) is -0.759. The zero-order valence-corrected chi connectivity index (χ0v) is 15.5. The molecule has 2 aromatic carbocycles. The van der Waals surface area contributed by atoms with E-state index in [1.807, 2.05) is 42.5 Å². The average Bonchev–Trinajstić information content (AvgIpc) is 2.64. The summed E-state index contributed by atoms with van der Waals surface area (Å²) in [6.45, 7) is 1.40. The summed E-state index contributed by atoms with van der Waals surface area (Å²) >= 11 is 11.6. The molecule has 0 aliphatic carbocycles. The number of carbonyl (C=O) groups excluding carboxylic acids is 1. The Balaban J connectivity index is 2.05. The number of methoxy groups -OCH3 is 1. The highest BCUT2D eigenvalue weighted by atomic mass is 35.5. The Morgan fingerprint density at radius 3 is 2.12 bits per heavy atom. The Morgan fingerprint density at radius 1 is 1.00 bits per heavy atom. The van der Waals surface area contributed by atoms with E-state index in [9.17, 15) is 4.79 Å². The molecule has 2 aromatic rings. The molecule has 0 spiro atoms. The van der Waals surface area contributed by atoms with Crippen LogP contribution in [0.3, 0.4) is 0 Å². The number of halogens is 2. The van der Waals surface area contributed by atoms with Gasteiger partial charge in [0.1, 0.15) is 5.75 Å². The number of ether oxygens (including phenoxy) is 2. The Bertz CT molecular complexity index is 643. The third kappa shape index (κ3) is 5.63. The molecule has 2 rings (SSSR count). The molecule has 6 heteroatoms. The highest BCUT2D eigenvalue weighted by Gasteiger charge is 2.22. The van der Waals surface area contributed by atoms with Gasteiger partial charge in [-0.1, -0.05) is 30.3 Å². The summed E-state index contributed by atoms with van der Waals surface area (Å²) in [4.78, 5) is 14.5. The number of nitrogens with zero attached hydrogens (tertiary/aromatic N) is 1. The fourth-order valence-electron chi connectivity index (χ4n) is 2.46. The van der Waals surface area contributed by atoms with E-state index in [2.05, 4.69) is 4.90 Å². The SMILES string of the molecule is COC(C(=O)Oc1ccc(N(CCCl)CCCl)cc1)c1ccccc1. The van der Waals surface area contributed by atoms with Crippen molar-refractivity contribution in [3.05, 3.63) is 60.2 Å². The number of carbonyl (C=O) groups is 1. The fraction of sp³-hybridized carbons (Fsp3) is 0.316. The molecule has 4 nitrogen and oxygen atoms in total. The Hall–Kier alpha value is -1.75. The second kappa shape index (κ2) is 10.3. The smallest absolute Gasteiger partial charge is 0.345 e. The first-order chi connectivity index (χ1) is 12.2. The molecule has 0 N–H and O–H groups in total. The van der Waals surface area contributed by atoms with Crippen molar-refractivity contribution in [3.63, 3.8) is 0 Å². The molecule has 0 saturated carbocycles. The summed E-state index contributed by atoms with van der Waals surface area (Å²) in [6, 6.07) is 16.5. The van der Waals surface area contributed by atoms with Crippen LogP contribution in [-0.4, -0.2) is 37.9 Å². The first-order valence-corrected chi connectivity index (χ1v) is 9.03. The maximum atomic E-state index is 12.4. The van der Waals surface area contributed by atoms with Gasteiger partial charge in [0.2, 0.25) is 0 Å². The monoisotopic (exact) mass is 381 g/mol. The minimum atomic E-state index is -0.759. The number of rotatable bonds is 9. The van der Waals surface area contributed by atoms with Gasteiger partial charge in [0.25, 0.3) is 0 Å². The zero-order valence-electron chi connectivity index (χ0n) is 14.0. The molecule has 0 aliphatic heterocycles. The van der Waals surface area contributed by atoms with Gasteiger partial charge in [0.05, 0.1) is 0 Å². The van der Waals surface area contributed by atoms with Gasteiger partial charge in [-0.15, -0.1) is 23.2 Å². The van der Waals surface area contributed by atoms with Crippen molar-refractivity contribution in [3.8, 4) is 5.75 Å². The van der Waals surface area contributed by atoms with E-state index in [1.165, 1.54) is 7.11 Å². The fourth-order valence-corrected chi connectivity index (χ4v) is 2.87. The largest absolute Gasteiger partial charge is 0.424 e. The van der Waals surface area contributed by atoms with Crippen LogP contribution in [0.2, 0.25) is 0 Å². The number of esters is 1. The van der Waals surface area contributed by atoms with Gasteiger partial charge < -0.3 is 14.4 Å². The molecule has 25 heavy (non-hydrogen) atoms. The second-order valence-electron chi connectivity index (χ2n) is 5.31. The molecular weight excluding hydrogens is 361 g/mol. The molecular formula is C19H21Cl2NO3. The summed E-state index contributed by atoms with van der Waals surface area (Å²) in [5, 5.41) is 0. The van der Waals surface area contributed by atoms with Crippen LogP contribution in [0.5, 0.6) is 5.75 Å². The molecule has 1 atom stereocenters. The van der Waals surface area contributed by atoms with Crippen molar-refractivity contribution >= 4 is 34.9 Å². The van der Waals surface area contributed by atoms with Crippen LogP contribution in [0.15, 0.2) is 54.6 Å². The molecule has 0 fully saturated rings. The average molecular weight is 382 g/mol. The molecule has 0 radical (unpaired) electrons. The maximum absolute atomic E-state index is 12.4. The number of benzene rings is 2. The second-order valence-corrected chi connectivity index (χ2v) is 6.06. The first kappa shape index (κ1) is 19.6. The third-order valence-electron chi connectivity index (χ3n) is 3.68. The number of anilines is 1. The minimum absolute atomic E-state index is 0.458. The van der Waals surface area contributed by atoms with Crippen LogP contribution >= 0.6 is 23.2 Å². The number of hydrogen-bond acceptors (Lipinski definition) is 4. The quantitative estimate of drug-likeness (QED) is 0.369. The van der Waals surface area contributed by atoms with Crippen molar-refractivity contribution < 1.29 is 14.3 Å². The molecule has 134 valence electrons. The number of hydrogen-bond donors (Lipinski definition) is 0. The molecule has 0 aromatic heterocycles. The van der Waals surface area contributed by atoms with Crippen molar-refractivity contribution in [1.82, 2.24) is 0 Å². The van der Waals surface area contributed by atoms with E-state index in [0.717, 1.165) is 11.3 Å². The van der Waals surface area contributed by atoms with E-state index in [-0.39, 0.29) is 0 Å². The van der Waals surface area contributed by atoms with E-state index in [1.54, 1.807) is 12.1 Å². The van der Waals surface area contributed by atoms with Crippen molar-refractivity contribution in [2.75, 3.05) is 36.9 Å². The lowest BCUT2D eigenvalue weighted by Crippen LogP contribution is -2.27. The molecule has 0 saturated heterocycles. The van der Waals surface area contributed by atoms with Gasteiger partial charge in [-0.05, 0) is 29.8 Å². The predicted octanol–water partition coefficient (Wildman–Crippen LogP) is 4.26. The predicted molar refractivity (Wildman–Crippen MR) is 102 cm³/mol. The van der Waals surface area contributed by atoms with Gasteiger partial charge >= 0.3 is 5.97 Å². The summed E-state index contributed by atoms with van der Waals surface area (Å²) < 4.78 is 10.7. The van der Waals surface area contributed by atoms with Crippen molar-refractivity contribution in [2.45, 2.75) is 6.10 Å². The maximum Gasteiger partial charge on any atom is 0.345 e. The van der Waals surface area contributed by atoms with Gasteiger partial charge in [-0.25, -0.2) is 4.79 Å². The Labute approximate surface area is 158 Å². The lowest BCUT2D eigenvalue weighted by molar-refractivity contribution is -0.146. The van der Waals surface area contributed by atoms with Gasteiger partial charge in [-0.3, -0.25) is 0 Å². The Morgan fingerprint density at radius 2 is 1.60 bits per heavy atom. The summed E-state index contributed by atoms with van der Waals surface area (Å²) in [5.41, 5.74) is 1.73. The normalized spacial score (nSPS) is 11.8. The highest BCUT2D eigenvalue weighted by Crippen LogP contribution is 2.23. The molecule has 0 aliphatic rings. The van der Waals surface area contributed by atoms with Crippen LogP contribution in [0, 0.1) is 0 Å². The van der Waals surface area contributed by atoms with Crippen LogP contribution in [0.25, 0.3) is 0 Å². The zero-order chi connectivity index (χ0) is 18.1. The minimum Gasteiger partial charge on any atom is -0.424 e. The lowest BCUT2D eigenvalue weighted by Gasteiger charge is -2.23. The van der Waals surface area contributed by atoms with E-state index in [0.29, 0.717) is 30.6 Å². The molecule has 0 heterocycles. The first-order valence-electron chi connectivity index (χ1n) is 7.96. The Kier molecular flexibility index (Phi) is 8.06. The van der Waals surface area contributed by atoms with Crippen LogP contribution < -0.4 is 9.64 Å². The van der Waals surface area contributed by atoms with Crippen LogP contribution in [-0.2, 0) is 9.53 Å². The summed E-state index contributed by atoms with van der Waals surface area (Å²) in [7, 11) is 1.48. The molecule has 1 unspecified atom stereocenters. The topological polar surface area (TPSA) is 38.8 Å². The van der Waals surface area contributed by atoms with E-state index in [4.69, 9.17) is 32.7 Å². The van der Waals surface area contributed by atoms with Crippen molar-refractivity contribution in [2.24, 2.45) is 0 Å². The van der Waals surface area contributed by atoms with E-state index < -0.39 is 12.1 Å². The van der Waals surface area contributed by atoms with Gasteiger partial charge in [0.15, 0.2) is 6.10 Å². The molecule has 0 bridgehead atoms. The summed E-state index contributed by atoms with van der Waals surface area (Å²) in [5.74, 6) is 1.03. The van der Waals surface area contributed by atoms with Crippen molar-refractivity contribution in [1.29, 1.82) is 0 Å². The lowest BCUT2D eigenvalue weighted by atomic mass is 10.1. The highest BCUT2D eigenvalue weighted by molar-refractivity contribution is 6.18. The number of alkyl halides is 2. The van der Waals surface area contributed by atoms with Crippen LogP contribution in [0.4, 0.5) is 5.69 Å². The van der Waals surface area contributed by atoms with Crippen LogP contribution in [0.1, 0.15) is 11.7 Å². The van der Waals surface area contributed by atoms with Gasteiger partial charge in [-0.2, -0.15) is 0 Å². The molecule has 0 amide bonds. The standard InChI is InChI=1S/C19H21Cl2NO3/c1-24-18(15-5-3-2-4-6-15)19(23)25-17-9-7-16(8-10-17)22(13-11-20)14-12-21/h2-10,18H,11-14H2,1H3. The third-order valence-corrected chi connectivity index (χ3v) is 4.02. The van der Waals surface area contributed by atoms with E-state index >= 15 is 0 Å².